The van der Waals surface area contributed by atoms with Crippen LogP contribution in [0, 0.1) is 0 Å². The van der Waals surface area contributed by atoms with Crippen LogP contribution in [0.2, 0.25) is 0 Å². The van der Waals surface area contributed by atoms with Crippen LogP contribution in [0.5, 0.6) is 0 Å². The Labute approximate surface area is 161 Å². The molecular weight excluding hydrogens is 340 g/mol. The number of hydrogen-bond acceptors (Lipinski definition) is 3. The average Bonchev–Trinajstić information content (AvgIpc) is 2.64. The number of carbonyl (C=O) groups is 1. The van der Waals surface area contributed by atoms with E-state index in [-0.39, 0.29) is 11.9 Å². The van der Waals surface area contributed by atoms with E-state index in [0.29, 0.717) is 5.25 Å². The van der Waals surface area contributed by atoms with Gasteiger partial charge >= 0.3 is 0 Å². The molecule has 1 aliphatic heterocycles. The monoisotopic (exact) mass is 368 g/mol. The summed E-state index contributed by atoms with van der Waals surface area (Å²) in [5, 5.41) is 3.72. The van der Waals surface area contributed by atoms with Gasteiger partial charge in [0.15, 0.2) is 0 Å². The van der Waals surface area contributed by atoms with E-state index >= 15 is 0 Å². The fourth-order valence-electron chi connectivity index (χ4n) is 3.35. The first kappa shape index (κ1) is 19.0. The molecule has 0 saturated carbocycles. The highest BCUT2D eigenvalue weighted by Gasteiger charge is 2.22. The van der Waals surface area contributed by atoms with Crippen LogP contribution >= 0.6 is 11.8 Å². The Bertz CT molecular complexity index is 709. The fraction of sp³-hybridized carbons (Fsp3) is 0.409. The number of thioether (sulfide) groups is 1. The summed E-state index contributed by atoms with van der Waals surface area (Å²) in [7, 11) is 0. The standard InChI is InChI=1S/C22H28N2OS/c1-17(2)26-21-11-7-6-10-20(21)22(25)23-19-12-14-24(15-13-19)16-18-8-4-3-5-9-18/h3-11,17,19H,12-16H2,1-2H3,(H,23,25). The summed E-state index contributed by atoms with van der Waals surface area (Å²) in [5.41, 5.74) is 2.16. The highest BCUT2D eigenvalue weighted by molar-refractivity contribution is 8.00. The number of rotatable bonds is 6. The SMILES string of the molecule is CC(C)Sc1ccccc1C(=O)NC1CCN(Cc2ccccc2)CC1. The number of likely N-dealkylation sites (tertiary alicyclic amines) is 1. The van der Waals surface area contributed by atoms with Crippen LogP contribution in [0.15, 0.2) is 59.5 Å². The normalized spacial score (nSPS) is 16.0. The molecule has 1 heterocycles. The zero-order chi connectivity index (χ0) is 18.4. The maximum Gasteiger partial charge on any atom is 0.252 e. The van der Waals surface area contributed by atoms with Crippen molar-refractivity contribution in [2.75, 3.05) is 13.1 Å². The van der Waals surface area contributed by atoms with Crippen LogP contribution in [-0.2, 0) is 6.54 Å². The minimum absolute atomic E-state index is 0.0651. The molecule has 2 aromatic rings. The van der Waals surface area contributed by atoms with Gasteiger partial charge in [0.25, 0.3) is 5.91 Å². The zero-order valence-electron chi connectivity index (χ0n) is 15.7. The van der Waals surface area contributed by atoms with Crippen molar-refractivity contribution in [3.8, 4) is 0 Å². The van der Waals surface area contributed by atoms with Gasteiger partial charge in [-0.2, -0.15) is 0 Å². The number of carbonyl (C=O) groups excluding carboxylic acids is 1. The van der Waals surface area contributed by atoms with Gasteiger partial charge in [0.05, 0.1) is 5.56 Å². The molecule has 3 nitrogen and oxygen atoms in total. The first-order valence-corrected chi connectivity index (χ1v) is 10.3. The second kappa shape index (κ2) is 9.24. The lowest BCUT2D eigenvalue weighted by molar-refractivity contribution is 0.0906. The molecule has 4 heteroatoms. The summed E-state index contributed by atoms with van der Waals surface area (Å²) in [6.07, 6.45) is 2.02. The number of hydrogen-bond donors (Lipinski definition) is 1. The van der Waals surface area contributed by atoms with Crippen molar-refractivity contribution in [1.82, 2.24) is 10.2 Å². The van der Waals surface area contributed by atoms with Crippen molar-refractivity contribution in [2.24, 2.45) is 0 Å². The number of nitrogens with one attached hydrogen (secondary N) is 1. The van der Waals surface area contributed by atoms with Crippen molar-refractivity contribution in [3.05, 3.63) is 65.7 Å². The second-order valence-corrected chi connectivity index (χ2v) is 8.79. The van der Waals surface area contributed by atoms with Crippen LogP contribution in [0.4, 0.5) is 0 Å². The number of piperidine rings is 1. The van der Waals surface area contributed by atoms with E-state index in [2.05, 4.69) is 54.4 Å². The second-order valence-electron chi connectivity index (χ2n) is 7.17. The van der Waals surface area contributed by atoms with Crippen LogP contribution in [-0.4, -0.2) is 35.2 Å². The third-order valence-electron chi connectivity index (χ3n) is 4.67. The first-order valence-electron chi connectivity index (χ1n) is 9.44. The van der Waals surface area contributed by atoms with Gasteiger partial charge in [0, 0.05) is 35.8 Å². The molecule has 3 rings (SSSR count). The topological polar surface area (TPSA) is 32.3 Å². The molecule has 138 valence electrons. The highest BCUT2D eigenvalue weighted by Crippen LogP contribution is 2.26. The summed E-state index contributed by atoms with van der Waals surface area (Å²) < 4.78 is 0. The summed E-state index contributed by atoms with van der Waals surface area (Å²) in [4.78, 5) is 16.3. The molecule has 0 radical (unpaired) electrons. The maximum atomic E-state index is 12.7. The molecule has 1 aliphatic rings. The third-order valence-corrected chi connectivity index (χ3v) is 5.75. The van der Waals surface area contributed by atoms with E-state index < -0.39 is 0 Å². The van der Waals surface area contributed by atoms with Crippen LogP contribution in [0.1, 0.15) is 42.6 Å². The van der Waals surface area contributed by atoms with Crippen molar-refractivity contribution in [1.29, 1.82) is 0 Å². The zero-order valence-corrected chi connectivity index (χ0v) is 16.5. The molecule has 1 fully saturated rings. The molecule has 1 saturated heterocycles. The van der Waals surface area contributed by atoms with Crippen LogP contribution in [0.3, 0.4) is 0 Å². The molecule has 1 N–H and O–H groups in total. The predicted octanol–water partition coefficient (Wildman–Crippen LogP) is 4.58. The van der Waals surface area contributed by atoms with E-state index in [1.54, 1.807) is 11.8 Å². The molecule has 0 aromatic heterocycles. The highest BCUT2D eigenvalue weighted by atomic mass is 32.2. The molecule has 0 bridgehead atoms. The van der Waals surface area contributed by atoms with Crippen molar-refractivity contribution < 1.29 is 4.79 Å². The molecule has 2 aromatic carbocycles. The van der Waals surface area contributed by atoms with E-state index in [9.17, 15) is 4.79 Å². The molecule has 1 amide bonds. The quantitative estimate of drug-likeness (QED) is 0.758. The molecule has 0 atom stereocenters. The molecule has 26 heavy (non-hydrogen) atoms. The Kier molecular flexibility index (Phi) is 6.75. The largest absolute Gasteiger partial charge is 0.349 e. The minimum Gasteiger partial charge on any atom is -0.349 e. The van der Waals surface area contributed by atoms with Crippen LogP contribution < -0.4 is 5.32 Å². The molecule has 0 unspecified atom stereocenters. The van der Waals surface area contributed by atoms with E-state index in [0.717, 1.165) is 42.9 Å². The lowest BCUT2D eigenvalue weighted by Crippen LogP contribution is -2.44. The smallest absolute Gasteiger partial charge is 0.252 e. The lowest BCUT2D eigenvalue weighted by atomic mass is 10.0. The molecule has 0 spiro atoms. The van der Waals surface area contributed by atoms with Gasteiger partial charge in [-0.1, -0.05) is 56.3 Å². The number of benzene rings is 2. The minimum atomic E-state index is 0.0651. The van der Waals surface area contributed by atoms with Gasteiger partial charge in [-0.15, -0.1) is 11.8 Å². The predicted molar refractivity (Wildman–Crippen MR) is 110 cm³/mol. The Morgan fingerprint density at radius 2 is 1.73 bits per heavy atom. The van der Waals surface area contributed by atoms with Crippen LogP contribution in [0.25, 0.3) is 0 Å². The summed E-state index contributed by atoms with van der Waals surface area (Å²) in [5.74, 6) is 0.0651. The third kappa shape index (κ3) is 5.36. The maximum absolute atomic E-state index is 12.7. The van der Waals surface area contributed by atoms with Crippen molar-refractivity contribution in [2.45, 2.75) is 49.4 Å². The van der Waals surface area contributed by atoms with Crippen molar-refractivity contribution in [3.63, 3.8) is 0 Å². The van der Waals surface area contributed by atoms with E-state index in [1.165, 1.54) is 5.56 Å². The average molecular weight is 369 g/mol. The van der Waals surface area contributed by atoms with Gasteiger partial charge in [-0.05, 0) is 30.5 Å². The number of amides is 1. The van der Waals surface area contributed by atoms with E-state index in [1.807, 2.05) is 24.3 Å². The van der Waals surface area contributed by atoms with Gasteiger partial charge in [-0.3, -0.25) is 9.69 Å². The molecular formula is C22H28N2OS. The Balaban J connectivity index is 1.52. The van der Waals surface area contributed by atoms with Gasteiger partial charge < -0.3 is 5.32 Å². The number of nitrogens with zero attached hydrogens (tertiary/aromatic N) is 1. The lowest BCUT2D eigenvalue weighted by Gasteiger charge is -2.32. The van der Waals surface area contributed by atoms with Gasteiger partial charge in [0.1, 0.15) is 0 Å². The first-order chi connectivity index (χ1) is 12.6. The summed E-state index contributed by atoms with van der Waals surface area (Å²) in [6, 6.07) is 18.8. The Morgan fingerprint density at radius 1 is 1.08 bits per heavy atom. The molecule has 0 aliphatic carbocycles. The van der Waals surface area contributed by atoms with Gasteiger partial charge in [-0.25, -0.2) is 0 Å². The Hall–Kier alpha value is -1.78. The van der Waals surface area contributed by atoms with Gasteiger partial charge in [0.2, 0.25) is 0 Å². The summed E-state index contributed by atoms with van der Waals surface area (Å²) in [6.45, 7) is 7.36. The fourth-order valence-corrected chi connectivity index (χ4v) is 4.30. The Morgan fingerprint density at radius 3 is 2.42 bits per heavy atom. The van der Waals surface area contributed by atoms with E-state index in [4.69, 9.17) is 0 Å². The summed E-state index contributed by atoms with van der Waals surface area (Å²) >= 11 is 1.75. The van der Waals surface area contributed by atoms with Crippen molar-refractivity contribution >= 4 is 17.7 Å².